The van der Waals surface area contributed by atoms with Crippen molar-refractivity contribution in [1.82, 2.24) is 39.3 Å². The summed E-state index contributed by atoms with van der Waals surface area (Å²) >= 11 is 0. The monoisotopic (exact) mass is 572 g/mol. The molecule has 10 heteroatoms. The Morgan fingerprint density at radius 3 is 2.26 bits per heavy atom. The van der Waals surface area contributed by atoms with E-state index >= 15 is 0 Å². The molecule has 1 N–H and O–H groups in total. The minimum atomic E-state index is -0.365. The molecule has 1 saturated carbocycles. The number of tetrazole rings is 1. The highest BCUT2D eigenvalue weighted by Gasteiger charge is 2.27. The molecule has 43 heavy (non-hydrogen) atoms. The first kappa shape index (κ1) is 26.8. The summed E-state index contributed by atoms with van der Waals surface area (Å²) in [5, 5.41) is 14.6. The number of para-hydroxylation sites is 1. The molecule has 10 nitrogen and oxygen atoms in total. The van der Waals surface area contributed by atoms with E-state index in [4.69, 9.17) is 4.98 Å². The van der Waals surface area contributed by atoms with Gasteiger partial charge in [-0.05, 0) is 53.8 Å². The van der Waals surface area contributed by atoms with Crippen LogP contribution in [0.3, 0.4) is 0 Å². The van der Waals surface area contributed by atoms with E-state index in [2.05, 4.69) is 49.5 Å². The predicted octanol–water partition coefficient (Wildman–Crippen LogP) is 5.31. The molecular formula is C33H32N8O2. The van der Waals surface area contributed by atoms with Crippen molar-refractivity contribution < 1.29 is 0 Å². The number of aromatic nitrogens is 8. The Bertz CT molecular complexity index is 2000. The Kier molecular flexibility index (Phi) is 7.02. The number of hydrogen-bond donors (Lipinski definition) is 1. The van der Waals surface area contributed by atoms with Crippen molar-refractivity contribution in [3.63, 3.8) is 0 Å². The van der Waals surface area contributed by atoms with E-state index < -0.39 is 0 Å². The van der Waals surface area contributed by atoms with E-state index in [1.807, 2.05) is 61.5 Å². The van der Waals surface area contributed by atoms with Crippen LogP contribution in [0, 0.1) is 0 Å². The van der Waals surface area contributed by atoms with E-state index in [1.54, 1.807) is 4.57 Å². The first-order chi connectivity index (χ1) is 21.1. The third kappa shape index (κ3) is 4.78. The average Bonchev–Trinajstić information content (AvgIpc) is 3.72. The number of aromatic amines is 1. The minimum Gasteiger partial charge on any atom is -0.317 e. The maximum Gasteiger partial charge on any atom is 0.337 e. The van der Waals surface area contributed by atoms with Crippen LogP contribution >= 0.6 is 0 Å². The van der Waals surface area contributed by atoms with Crippen LogP contribution in [0.15, 0.2) is 88.5 Å². The molecule has 0 bridgehead atoms. The van der Waals surface area contributed by atoms with Crippen molar-refractivity contribution in [2.24, 2.45) is 0 Å². The van der Waals surface area contributed by atoms with Gasteiger partial charge in [0.05, 0.1) is 5.69 Å². The summed E-state index contributed by atoms with van der Waals surface area (Å²) in [6, 6.07) is 25.8. The van der Waals surface area contributed by atoms with Gasteiger partial charge in [0, 0.05) is 24.6 Å². The van der Waals surface area contributed by atoms with Gasteiger partial charge in [0.25, 0.3) is 5.56 Å². The Hall–Kier alpha value is -5.12. The molecule has 1 fully saturated rings. The summed E-state index contributed by atoms with van der Waals surface area (Å²) < 4.78 is 4.98. The van der Waals surface area contributed by atoms with Crippen molar-refractivity contribution in [2.45, 2.75) is 58.0 Å². The summed E-state index contributed by atoms with van der Waals surface area (Å²) in [7, 11) is 0. The van der Waals surface area contributed by atoms with Crippen molar-refractivity contribution in [3.8, 4) is 28.2 Å². The van der Waals surface area contributed by atoms with Crippen LogP contribution in [0.1, 0.15) is 56.3 Å². The maximum atomic E-state index is 13.9. The van der Waals surface area contributed by atoms with E-state index in [0.717, 1.165) is 53.8 Å². The van der Waals surface area contributed by atoms with E-state index in [0.29, 0.717) is 29.2 Å². The first-order valence-corrected chi connectivity index (χ1v) is 14.9. The molecule has 0 unspecified atom stereocenters. The van der Waals surface area contributed by atoms with Crippen molar-refractivity contribution >= 4 is 11.2 Å². The fourth-order valence-corrected chi connectivity index (χ4v) is 6.35. The number of benzene rings is 3. The average molecular weight is 573 g/mol. The number of nitrogens with zero attached hydrogens (tertiary/aromatic N) is 7. The van der Waals surface area contributed by atoms with E-state index in [1.165, 1.54) is 11.0 Å². The van der Waals surface area contributed by atoms with Gasteiger partial charge in [-0.2, -0.15) is 5.21 Å². The molecular weight excluding hydrogens is 540 g/mol. The third-order valence-corrected chi connectivity index (χ3v) is 8.48. The van der Waals surface area contributed by atoms with Crippen LogP contribution in [0.25, 0.3) is 39.4 Å². The zero-order valence-electron chi connectivity index (χ0n) is 24.0. The lowest BCUT2D eigenvalue weighted by Crippen LogP contribution is -2.39. The van der Waals surface area contributed by atoms with Crippen molar-refractivity contribution in [3.05, 3.63) is 111 Å². The highest BCUT2D eigenvalue weighted by molar-refractivity contribution is 5.80. The Balaban J connectivity index is 1.37. The van der Waals surface area contributed by atoms with Crippen LogP contribution in [0.2, 0.25) is 0 Å². The zero-order chi connectivity index (χ0) is 29.3. The lowest BCUT2D eigenvalue weighted by Gasteiger charge is -2.22. The topological polar surface area (TPSA) is 116 Å². The molecule has 3 aromatic heterocycles. The van der Waals surface area contributed by atoms with E-state index in [-0.39, 0.29) is 23.7 Å². The van der Waals surface area contributed by atoms with Gasteiger partial charge in [0.15, 0.2) is 11.2 Å². The summed E-state index contributed by atoms with van der Waals surface area (Å²) in [6.07, 6.45) is 5.51. The standard InChI is InChI=1S/C33H32N8O2/c1-2-39-32(42)28-31(41(33(39)43)25-13-7-4-8-14-25)34-30(24-11-5-3-6-12-24)40(28)21-22-17-19-23(20-18-22)26-15-9-10-16-27(26)29-35-37-38-36-29/h4,7-10,13-20,24H,2-3,5-6,11-12,21H2,1H3,(H,35,36,37,38). The number of hydrogen-bond acceptors (Lipinski definition) is 6. The summed E-state index contributed by atoms with van der Waals surface area (Å²) in [5.41, 5.74) is 4.90. The molecule has 216 valence electrons. The SMILES string of the molecule is CCn1c(=O)c2c(nc(C3CCCCC3)n2Cc2ccc(-c3ccccc3-c3nn[nH]n3)cc2)n(-c2ccccc2)c1=O. The van der Waals surface area contributed by atoms with Crippen molar-refractivity contribution in [2.75, 3.05) is 0 Å². The van der Waals surface area contributed by atoms with Crippen LogP contribution in [0.5, 0.6) is 0 Å². The fraction of sp³-hybridized carbons (Fsp3) is 0.273. The highest BCUT2D eigenvalue weighted by Crippen LogP contribution is 2.34. The highest BCUT2D eigenvalue weighted by atomic mass is 16.2. The molecule has 6 aromatic rings. The zero-order valence-corrected chi connectivity index (χ0v) is 24.0. The minimum absolute atomic E-state index is 0.232. The molecule has 1 aliphatic carbocycles. The van der Waals surface area contributed by atoms with Crippen molar-refractivity contribution in [1.29, 1.82) is 0 Å². The largest absolute Gasteiger partial charge is 0.337 e. The molecule has 0 spiro atoms. The fourth-order valence-electron chi connectivity index (χ4n) is 6.35. The van der Waals surface area contributed by atoms with Gasteiger partial charge in [-0.1, -0.05) is 86.0 Å². The summed E-state index contributed by atoms with van der Waals surface area (Å²) in [6.45, 7) is 2.58. The molecule has 7 rings (SSSR count). The predicted molar refractivity (Wildman–Crippen MR) is 165 cm³/mol. The second kappa shape index (κ2) is 11.3. The molecule has 1 aliphatic rings. The molecule has 0 amide bonds. The quantitative estimate of drug-likeness (QED) is 0.277. The van der Waals surface area contributed by atoms with Gasteiger partial charge in [0.2, 0.25) is 5.82 Å². The Morgan fingerprint density at radius 1 is 0.837 bits per heavy atom. The van der Waals surface area contributed by atoms with Gasteiger partial charge in [0.1, 0.15) is 5.82 Å². The molecule has 3 heterocycles. The number of rotatable bonds is 7. The maximum absolute atomic E-state index is 13.9. The number of imidazole rings is 1. The lowest BCUT2D eigenvalue weighted by molar-refractivity contribution is 0.420. The molecule has 0 atom stereocenters. The van der Waals surface area contributed by atoms with E-state index in [9.17, 15) is 9.59 Å². The normalized spacial score (nSPS) is 14.0. The van der Waals surface area contributed by atoms with Gasteiger partial charge in [-0.15, -0.1) is 10.2 Å². The number of H-pyrrole nitrogens is 1. The lowest BCUT2D eigenvalue weighted by atomic mass is 9.88. The summed E-state index contributed by atoms with van der Waals surface area (Å²) in [5.74, 6) is 1.66. The molecule has 0 saturated heterocycles. The molecule has 0 aliphatic heterocycles. The smallest absolute Gasteiger partial charge is 0.317 e. The molecule has 0 radical (unpaired) electrons. The Morgan fingerprint density at radius 2 is 1.56 bits per heavy atom. The second-order valence-corrected chi connectivity index (χ2v) is 11.0. The van der Waals surface area contributed by atoms with Gasteiger partial charge in [-0.3, -0.25) is 9.36 Å². The third-order valence-electron chi connectivity index (χ3n) is 8.48. The van der Waals surface area contributed by atoms with Crippen LogP contribution in [-0.2, 0) is 13.1 Å². The summed E-state index contributed by atoms with van der Waals surface area (Å²) in [4.78, 5) is 32.7. The van der Waals surface area contributed by atoms with Gasteiger partial charge >= 0.3 is 5.69 Å². The second-order valence-electron chi connectivity index (χ2n) is 11.0. The van der Waals surface area contributed by atoms with Crippen LogP contribution < -0.4 is 11.2 Å². The van der Waals surface area contributed by atoms with Gasteiger partial charge < -0.3 is 4.57 Å². The Labute approximate surface area is 247 Å². The van der Waals surface area contributed by atoms with Gasteiger partial charge in [-0.25, -0.2) is 14.3 Å². The number of fused-ring (bicyclic) bond motifs is 1. The van der Waals surface area contributed by atoms with Crippen LogP contribution in [0.4, 0.5) is 0 Å². The number of nitrogens with one attached hydrogen (secondary N) is 1. The van der Waals surface area contributed by atoms with Crippen LogP contribution in [-0.4, -0.2) is 39.3 Å². The first-order valence-electron chi connectivity index (χ1n) is 14.9. The molecule has 3 aromatic carbocycles.